The number of carbonyl (C=O) groups is 1. The third-order valence-corrected chi connectivity index (χ3v) is 8.69. The van der Waals surface area contributed by atoms with Gasteiger partial charge in [0, 0.05) is 35.2 Å². The molecule has 5 heteroatoms. The van der Waals surface area contributed by atoms with Crippen LogP contribution in [-0.2, 0) is 6.54 Å². The first-order chi connectivity index (χ1) is 15.9. The van der Waals surface area contributed by atoms with Crippen LogP contribution in [0.15, 0.2) is 42.6 Å². The number of piperidine rings is 1. The number of nitrogens with zero attached hydrogens (tertiary/aromatic N) is 1. The zero-order chi connectivity index (χ0) is 22.8. The van der Waals surface area contributed by atoms with E-state index in [1.807, 2.05) is 18.3 Å². The fraction of sp³-hybridized carbons (Fsp3) is 0.464. The standard InChI is InChI=1S/C28H32N2O3/c1-18-13-24(33-2)22(21-7-11-29-25(18)21)15-30-12-10-28(16-27(17-28)8-9-27)14-23(30)19-3-5-20(6-4-19)26(31)32/h3-7,11,13,23,29H,8-10,12,14-17H2,1-2H3,(H,31,32)/t23-/m0/s1. The minimum absolute atomic E-state index is 0.290. The normalized spacial score (nSPS) is 23.0. The Morgan fingerprint density at radius 3 is 2.58 bits per heavy atom. The number of benzene rings is 2. The molecule has 2 aliphatic carbocycles. The van der Waals surface area contributed by atoms with Crippen LogP contribution >= 0.6 is 0 Å². The molecule has 3 aromatic rings. The van der Waals surface area contributed by atoms with Crippen molar-refractivity contribution in [2.75, 3.05) is 13.7 Å². The fourth-order valence-corrected chi connectivity index (χ4v) is 6.92. The van der Waals surface area contributed by atoms with Crippen LogP contribution < -0.4 is 4.74 Å². The molecule has 2 saturated carbocycles. The molecular weight excluding hydrogens is 412 g/mol. The molecule has 2 heterocycles. The number of methoxy groups -OCH3 is 1. The smallest absolute Gasteiger partial charge is 0.335 e. The molecule has 3 fully saturated rings. The molecule has 2 spiro atoms. The average Bonchev–Trinajstić information content (AvgIpc) is 3.40. The number of carboxylic acids is 1. The van der Waals surface area contributed by atoms with Crippen LogP contribution in [0.4, 0.5) is 0 Å². The zero-order valence-electron chi connectivity index (χ0n) is 19.5. The molecule has 0 bridgehead atoms. The number of carboxylic acid groups (broad SMARTS) is 1. The summed E-state index contributed by atoms with van der Waals surface area (Å²) in [5, 5.41) is 10.6. The highest BCUT2D eigenvalue weighted by Gasteiger charge is 2.61. The summed E-state index contributed by atoms with van der Waals surface area (Å²) in [7, 11) is 1.76. The van der Waals surface area contributed by atoms with E-state index in [1.165, 1.54) is 59.7 Å². The number of hydrogen-bond donors (Lipinski definition) is 2. The molecule has 0 unspecified atom stereocenters. The van der Waals surface area contributed by atoms with Gasteiger partial charge in [0.25, 0.3) is 0 Å². The first kappa shape index (κ1) is 20.8. The molecule has 0 amide bonds. The number of aromatic amines is 1. The maximum Gasteiger partial charge on any atom is 0.335 e. The number of aromatic carboxylic acids is 1. The zero-order valence-corrected chi connectivity index (χ0v) is 19.5. The molecule has 1 atom stereocenters. The van der Waals surface area contributed by atoms with Crippen LogP contribution in [0.25, 0.3) is 10.9 Å². The number of H-pyrrole nitrogens is 1. The Morgan fingerprint density at radius 2 is 1.91 bits per heavy atom. The van der Waals surface area contributed by atoms with Gasteiger partial charge in [-0.1, -0.05) is 12.1 Å². The van der Waals surface area contributed by atoms with Gasteiger partial charge in [-0.05, 0) is 98.2 Å². The van der Waals surface area contributed by atoms with Gasteiger partial charge in [-0.15, -0.1) is 0 Å². The predicted octanol–water partition coefficient (Wildman–Crippen LogP) is 6.08. The summed E-state index contributed by atoms with van der Waals surface area (Å²) in [5.41, 5.74) is 6.32. The maximum atomic E-state index is 11.4. The number of fused-ring (bicyclic) bond motifs is 1. The van der Waals surface area contributed by atoms with Crippen molar-refractivity contribution in [1.82, 2.24) is 9.88 Å². The third kappa shape index (κ3) is 3.45. The Kier molecular flexibility index (Phi) is 4.64. The molecule has 1 aliphatic heterocycles. The van der Waals surface area contributed by atoms with Gasteiger partial charge in [0.2, 0.25) is 0 Å². The van der Waals surface area contributed by atoms with E-state index in [0.29, 0.717) is 16.4 Å². The van der Waals surface area contributed by atoms with E-state index in [-0.39, 0.29) is 6.04 Å². The number of aromatic nitrogens is 1. The minimum Gasteiger partial charge on any atom is -0.496 e. The Morgan fingerprint density at radius 1 is 1.15 bits per heavy atom. The Bertz CT molecular complexity index is 1210. The molecule has 2 aromatic carbocycles. The summed E-state index contributed by atoms with van der Waals surface area (Å²) in [6.07, 6.45) is 10.0. The summed E-state index contributed by atoms with van der Waals surface area (Å²) in [6, 6.07) is 12.2. The van der Waals surface area contributed by atoms with Crippen LogP contribution in [0.5, 0.6) is 5.75 Å². The first-order valence-corrected chi connectivity index (χ1v) is 12.1. The number of rotatable bonds is 5. The lowest BCUT2D eigenvalue weighted by Gasteiger charge is -2.56. The Balaban J connectivity index is 1.35. The lowest BCUT2D eigenvalue weighted by Crippen LogP contribution is -2.49. The SMILES string of the molecule is COc1cc(C)c2[nH]ccc2c1CN1CCC2(C[C@H]1c1ccc(C(=O)O)cc1)CC1(CC1)C2. The van der Waals surface area contributed by atoms with Crippen molar-refractivity contribution in [1.29, 1.82) is 0 Å². The van der Waals surface area contributed by atoms with Gasteiger partial charge in [-0.25, -0.2) is 4.79 Å². The second-order valence-corrected chi connectivity index (χ2v) is 10.9. The molecule has 1 saturated heterocycles. The molecule has 2 N–H and O–H groups in total. The largest absolute Gasteiger partial charge is 0.496 e. The molecule has 172 valence electrons. The van der Waals surface area contributed by atoms with Crippen LogP contribution in [0.1, 0.15) is 71.6 Å². The van der Waals surface area contributed by atoms with Crippen molar-refractivity contribution in [2.24, 2.45) is 10.8 Å². The summed E-state index contributed by atoms with van der Waals surface area (Å²) in [4.78, 5) is 17.4. The lowest BCUT2D eigenvalue weighted by atomic mass is 9.54. The van der Waals surface area contributed by atoms with Crippen molar-refractivity contribution < 1.29 is 14.6 Å². The quantitative estimate of drug-likeness (QED) is 0.500. The average molecular weight is 445 g/mol. The molecule has 33 heavy (non-hydrogen) atoms. The first-order valence-electron chi connectivity index (χ1n) is 12.1. The Hall–Kier alpha value is -2.79. The molecule has 0 radical (unpaired) electrons. The maximum absolute atomic E-state index is 11.4. The summed E-state index contributed by atoms with van der Waals surface area (Å²) < 4.78 is 5.83. The third-order valence-electron chi connectivity index (χ3n) is 8.69. The number of likely N-dealkylation sites (tertiary alicyclic amines) is 1. The van der Waals surface area contributed by atoms with Crippen molar-refractivity contribution in [3.63, 3.8) is 0 Å². The highest BCUT2D eigenvalue weighted by Crippen LogP contribution is 2.72. The van der Waals surface area contributed by atoms with Gasteiger partial charge in [-0.2, -0.15) is 0 Å². The molecule has 1 aromatic heterocycles. The highest BCUT2D eigenvalue weighted by atomic mass is 16.5. The van der Waals surface area contributed by atoms with Crippen LogP contribution in [-0.4, -0.2) is 34.6 Å². The second kappa shape index (κ2) is 7.36. The number of ether oxygens (including phenoxy) is 1. The topological polar surface area (TPSA) is 65.6 Å². The molecular formula is C28H32N2O3. The molecule has 5 nitrogen and oxygen atoms in total. The molecule has 6 rings (SSSR count). The van der Waals surface area contributed by atoms with Crippen molar-refractivity contribution in [3.8, 4) is 5.75 Å². The van der Waals surface area contributed by atoms with Gasteiger partial charge in [-0.3, -0.25) is 4.90 Å². The summed E-state index contributed by atoms with van der Waals surface area (Å²) in [6.45, 7) is 4.00. The minimum atomic E-state index is -0.868. The second-order valence-electron chi connectivity index (χ2n) is 10.9. The van der Waals surface area contributed by atoms with E-state index in [4.69, 9.17) is 4.74 Å². The van der Waals surface area contributed by atoms with E-state index >= 15 is 0 Å². The van der Waals surface area contributed by atoms with Gasteiger partial charge >= 0.3 is 5.97 Å². The number of nitrogens with one attached hydrogen (secondary N) is 1. The van der Waals surface area contributed by atoms with E-state index in [9.17, 15) is 9.90 Å². The van der Waals surface area contributed by atoms with Crippen LogP contribution in [0.2, 0.25) is 0 Å². The van der Waals surface area contributed by atoms with Gasteiger partial charge in [0.05, 0.1) is 12.7 Å². The van der Waals surface area contributed by atoms with E-state index in [0.717, 1.165) is 25.3 Å². The summed E-state index contributed by atoms with van der Waals surface area (Å²) in [5.74, 6) is 0.0767. The lowest BCUT2D eigenvalue weighted by molar-refractivity contribution is -0.0562. The predicted molar refractivity (Wildman–Crippen MR) is 129 cm³/mol. The number of hydrogen-bond acceptors (Lipinski definition) is 3. The number of aryl methyl sites for hydroxylation is 1. The van der Waals surface area contributed by atoms with E-state index < -0.39 is 5.97 Å². The van der Waals surface area contributed by atoms with Gasteiger partial charge < -0.3 is 14.8 Å². The van der Waals surface area contributed by atoms with E-state index in [1.54, 1.807) is 19.2 Å². The van der Waals surface area contributed by atoms with Crippen LogP contribution in [0.3, 0.4) is 0 Å². The molecule has 3 aliphatic rings. The van der Waals surface area contributed by atoms with Crippen molar-refractivity contribution in [2.45, 2.75) is 58.0 Å². The van der Waals surface area contributed by atoms with Gasteiger partial charge in [0.15, 0.2) is 0 Å². The van der Waals surface area contributed by atoms with Crippen molar-refractivity contribution >= 4 is 16.9 Å². The van der Waals surface area contributed by atoms with Crippen LogP contribution in [0, 0.1) is 17.8 Å². The van der Waals surface area contributed by atoms with Crippen molar-refractivity contribution in [3.05, 3.63) is 64.8 Å². The monoisotopic (exact) mass is 444 g/mol. The summed E-state index contributed by atoms with van der Waals surface area (Å²) >= 11 is 0. The van der Waals surface area contributed by atoms with Gasteiger partial charge in [0.1, 0.15) is 5.75 Å². The highest BCUT2D eigenvalue weighted by molar-refractivity contribution is 5.88. The van der Waals surface area contributed by atoms with E-state index in [2.05, 4.69) is 28.9 Å². The fourth-order valence-electron chi connectivity index (χ4n) is 6.92. The Labute approximate surface area is 194 Å².